The zero-order valence-corrected chi connectivity index (χ0v) is 9.31. The molecule has 1 aromatic heterocycles. The van der Waals surface area contributed by atoms with Crippen molar-refractivity contribution in [1.29, 1.82) is 0 Å². The van der Waals surface area contributed by atoms with E-state index in [1.807, 2.05) is 6.92 Å². The quantitative estimate of drug-likeness (QED) is 0.794. The number of pyridine rings is 1. The predicted molar refractivity (Wildman–Crippen MR) is 59.9 cm³/mol. The second-order valence-corrected chi connectivity index (χ2v) is 4.54. The molecule has 4 nitrogen and oxygen atoms in total. The van der Waals surface area contributed by atoms with Crippen molar-refractivity contribution in [2.24, 2.45) is 5.92 Å². The van der Waals surface area contributed by atoms with Crippen LogP contribution >= 0.6 is 0 Å². The maximum atomic E-state index is 11.9. The second-order valence-electron chi connectivity index (χ2n) is 4.54. The Kier molecular flexibility index (Phi) is 2.92. The van der Waals surface area contributed by atoms with Crippen molar-refractivity contribution in [3.8, 4) is 0 Å². The zero-order chi connectivity index (χ0) is 11.6. The zero-order valence-electron chi connectivity index (χ0n) is 9.31. The number of carbonyl (C=O) groups is 1. The van der Waals surface area contributed by atoms with E-state index in [4.69, 9.17) is 0 Å². The van der Waals surface area contributed by atoms with E-state index in [0.717, 1.165) is 12.8 Å². The summed E-state index contributed by atoms with van der Waals surface area (Å²) in [4.78, 5) is 15.8. The van der Waals surface area contributed by atoms with Crippen LogP contribution in [0.4, 0.5) is 0 Å². The molecule has 2 N–H and O–H groups in total. The van der Waals surface area contributed by atoms with Crippen LogP contribution in [0.15, 0.2) is 24.5 Å². The van der Waals surface area contributed by atoms with E-state index in [1.54, 1.807) is 24.5 Å². The lowest BCUT2D eigenvalue weighted by molar-refractivity contribution is 0.0824. The number of hydrogen-bond acceptors (Lipinski definition) is 3. The third-order valence-corrected chi connectivity index (χ3v) is 3.15. The molecule has 1 amide bonds. The van der Waals surface area contributed by atoms with Crippen LogP contribution in [-0.4, -0.2) is 28.1 Å². The summed E-state index contributed by atoms with van der Waals surface area (Å²) in [5.41, 5.74) is 0.0932. The highest BCUT2D eigenvalue weighted by Gasteiger charge is 2.42. The van der Waals surface area contributed by atoms with Crippen LogP contribution in [0.3, 0.4) is 0 Å². The molecule has 0 saturated heterocycles. The van der Waals surface area contributed by atoms with E-state index in [0.29, 0.717) is 11.5 Å². The van der Waals surface area contributed by atoms with Crippen LogP contribution in [0.25, 0.3) is 0 Å². The van der Waals surface area contributed by atoms with Gasteiger partial charge in [-0.1, -0.05) is 0 Å². The molecule has 0 radical (unpaired) electrons. The molecule has 0 bridgehead atoms. The van der Waals surface area contributed by atoms with Gasteiger partial charge in [-0.2, -0.15) is 0 Å². The molecule has 16 heavy (non-hydrogen) atoms. The molecule has 1 aliphatic carbocycles. The monoisotopic (exact) mass is 220 g/mol. The Hall–Kier alpha value is -1.42. The smallest absolute Gasteiger partial charge is 0.251 e. The first-order chi connectivity index (χ1) is 7.65. The molecule has 1 aliphatic rings. The first kappa shape index (κ1) is 11.1. The van der Waals surface area contributed by atoms with Crippen molar-refractivity contribution >= 4 is 5.91 Å². The number of carbonyl (C=O) groups excluding carboxylic acids is 1. The molecule has 1 saturated carbocycles. The summed E-state index contributed by atoms with van der Waals surface area (Å²) in [7, 11) is 0. The summed E-state index contributed by atoms with van der Waals surface area (Å²) in [6.07, 6.45) is 5.33. The number of rotatable bonds is 4. The van der Waals surface area contributed by atoms with E-state index >= 15 is 0 Å². The number of nitrogens with one attached hydrogen (secondary N) is 1. The van der Waals surface area contributed by atoms with Crippen molar-refractivity contribution in [3.05, 3.63) is 30.1 Å². The maximum Gasteiger partial charge on any atom is 0.251 e. The van der Waals surface area contributed by atoms with E-state index in [9.17, 15) is 9.90 Å². The molecular weight excluding hydrogens is 204 g/mol. The van der Waals surface area contributed by atoms with Gasteiger partial charge in [-0.05, 0) is 37.8 Å². The Labute approximate surface area is 94.7 Å². The Morgan fingerprint density at radius 3 is 2.69 bits per heavy atom. The Morgan fingerprint density at radius 1 is 1.56 bits per heavy atom. The highest BCUT2D eigenvalue weighted by Crippen LogP contribution is 2.39. The highest BCUT2D eigenvalue weighted by molar-refractivity contribution is 5.94. The number of aliphatic hydroxyl groups excluding tert-OH is 1. The fourth-order valence-electron chi connectivity index (χ4n) is 1.83. The van der Waals surface area contributed by atoms with E-state index in [-0.39, 0.29) is 12.5 Å². The molecular formula is C12H16N2O2. The van der Waals surface area contributed by atoms with Gasteiger partial charge in [-0.3, -0.25) is 9.78 Å². The maximum absolute atomic E-state index is 11.9. The molecule has 0 aromatic carbocycles. The minimum absolute atomic E-state index is 0.0194. The van der Waals surface area contributed by atoms with Gasteiger partial charge in [-0.25, -0.2) is 0 Å². The van der Waals surface area contributed by atoms with Crippen molar-refractivity contribution in [2.45, 2.75) is 25.3 Å². The minimum atomic E-state index is -0.486. The molecule has 1 fully saturated rings. The molecule has 0 spiro atoms. The van der Waals surface area contributed by atoms with Gasteiger partial charge in [0.1, 0.15) is 0 Å². The third kappa shape index (κ3) is 2.22. The summed E-state index contributed by atoms with van der Waals surface area (Å²) in [5, 5.41) is 12.3. The van der Waals surface area contributed by atoms with Crippen molar-refractivity contribution in [2.75, 3.05) is 6.61 Å². The molecule has 86 valence electrons. The molecule has 1 heterocycles. The first-order valence-corrected chi connectivity index (χ1v) is 5.49. The van der Waals surface area contributed by atoms with Gasteiger partial charge in [0.15, 0.2) is 0 Å². The third-order valence-electron chi connectivity index (χ3n) is 3.15. The largest absolute Gasteiger partial charge is 0.394 e. The van der Waals surface area contributed by atoms with Crippen LogP contribution in [0.1, 0.15) is 30.1 Å². The number of amides is 1. The van der Waals surface area contributed by atoms with Crippen molar-refractivity contribution < 1.29 is 9.90 Å². The van der Waals surface area contributed by atoms with Gasteiger partial charge in [0, 0.05) is 18.0 Å². The topological polar surface area (TPSA) is 62.2 Å². The fraction of sp³-hybridized carbons (Fsp3) is 0.500. The van der Waals surface area contributed by atoms with E-state index < -0.39 is 5.54 Å². The summed E-state index contributed by atoms with van der Waals surface area (Å²) >= 11 is 0. The SMILES string of the molecule is CC(CO)(NC(=O)c1ccncc1)C1CC1. The Morgan fingerprint density at radius 2 is 2.19 bits per heavy atom. The van der Waals surface area contributed by atoms with Crippen molar-refractivity contribution in [1.82, 2.24) is 10.3 Å². The van der Waals surface area contributed by atoms with Gasteiger partial charge in [0.05, 0.1) is 12.1 Å². The van der Waals surface area contributed by atoms with Crippen LogP contribution < -0.4 is 5.32 Å². The second kappa shape index (κ2) is 4.22. The number of hydrogen-bond donors (Lipinski definition) is 2. The highest BCUT2D eigenvalue weighted by atomic mass is 16.3. The first-order valence-electron chi connectivity index (χ1n) is 5.49. The normalized spacial score (nSPS) is 18.9. The van der Waals surface area contributed by atoms with Gasteiger partial charge in [-0.15, -0.1) is 0 Å². The van der Waals surface area contributed by atoms with Crippen LogP contribution in [0, 0.1) is 5.92 Å². The summed E-state index contributed by atoms with van der Waals surface area (Å²) in [6.45, 7) is 1.87. The molecule has 4 heteroatoms. The summed E-state index contributed by atoms with van der Waals surface area (Å²) in [6, 6.07) is 3.33. The molecule has 1 aromatic rings. The van der Waals surface area contributed by atoms with Gasteiger partial charge in [0.25, 0.3) is 5.91 Å². The molecule has 0 aliphatic heterocycles. The van der Waals surface area contributed by atoms with Gasteiger partial charge < -0.3 is 10.4 Å². The van der Waals surface area contributed by atoms with Gasteiger partial charge in [0.2, 0.25) is 0 Å². The lowest BCUT2D eigenvalue weighted by Gasteiger charge is -2.28. The summed E-state index contributed by atoms with van der Waals surface area (Å²) in [5.74, 6) is 0.258. The van der Waals surface area contributed by atoms with Crippen LogP contribution in [0.2, 0.25) is 0 Å². The number of aliphatic hydroxyl groups is 1. The average molecular weight is 220 g/mol. The van der Waals surface area contributed by atoms with Gasteiger partial charge >= 0.3 is 0 Å². The van der Waals surface area contributed by atoms with Crippen molar-refractivity contribution in [3.63, 3.8) is 0 Å². The van der Waals surface area contributed by atoms with E-state index in [1.165, 1.54) is 0 Å². The lowest BCUT2D eigenvalue weighted by atomic mass is 9.96. The van der Waals surface area contributed by atoms with Crippen LogP contribution in [-0.2, 0) is 0 Å². The molecule has 1 unspecified atom stereocenters. The summed E-state index contributed by atoms with van der Waals surface area (Å²) < 4.78 is 0. The van der Waals surface area contributed by atoms with E-state index in [2.05, 4.69) is 10.3 Å². The minimum Gasteiger partial charge on any atom is -0.394 e. The number of nitrogens with zero attached hydrogens (tertiary/aromatic N) is 1. The Bertz CT molecular complexity index is 376. The Balaban J connectivity index is 2.06. The fourth-order valence-corrected chi connectivity index (χ4v) is 1.83. The predicted octanol–water partition coefficient (Wildman–Crippen LogP) is 0.972. The molecule has 1 atom stereocenters. The van der Waals surface area contributed by atoms with Crippen LogP contribution in [0.5, 0.6) is 0 Å². The average Bonchev–Trinajstić information content (AvgIpc) is 3.14. The molecule has 2 rings (SSSR count). The lowest BCUT2D eigenvalue weighted by Crippen LogP contribution is -2.50. The standard InChI is InChI=1S/C12H16N2O2/c1-12(8-15,10-2-3-10)14-11(16)9-4-6-13-7-5-9/h4-7,10,15H,2-3,8H2,1H3,(H,14,16). The number of aromatic nitrogens is 1.